The number of guanidine groups is 1. The highest BCUT2D eigenvalue weighted by molar-refractivity contribution is 14.0. The Bertz CT molecular complexity index is 589. The summed E-state index contributed by atoms with van der Waals surface area (Å²) >= 11 is 0. The monoisotopic (exact) mass is 487 g/mol. The number of aryl methyl sites for hydroxylation is 2. The van der Waals surface area contributed by atoms with Crippen molar-refractivity contribution in [3.05, 3.63) is 34.9 Å². The summed E-state index contributed by atoms with van der Waals surface area (Å²) in [6.45, 7) is 6.93. The van der Waals surface area contributed by atoms with E-state index in [2.05, 4.69) is 35.8 Å². The van der Waals surface area contributed by atoms with Gasteiger partial charge in [0.1, 0.15) is 0 Å². The summed E-state index contributed by atoms with van der Waals surface area (Å²) in [5.74, 6) is 0.882. The number of nitrogens with zero attached hydrogens (tertiary/aromatic N) is 1. The number of hydrogen-bond acceptors (Lipinski definition) is 3. The predicted molar refractivity (Wildman–Crippen MR) is 121 cm³/mol. The van der Waals surface area contributed by atoms with Crippen LogP contribution in [0.25, 0.3) is 0 Å². The van der Waals surface area contributed by atoms with E-state index in [4.69, 9.17) is 14.5 Å². The number of ether oxygens (including phenoxy) is 2. The van der Waals surface area contributed by atoms with Crippen LogP contribution in [0.3, 0.4) is 0 Å². The second-order valence-corrected chi connectivity index (χ2v) is 7.14. The van der Waals surface area contributed by atoms with Crippen molar-refractivity contribution in [1.29, 1.82) is 0 Å². The van der Waals surface area contributed by atoms with E-state index in [9.17, 15) is 0 Å². The molecule has 1 unspecified atom stereocenters. The van der Waals surface area contributed by atoms with E-state index in [1.165, 1.54) is 42.4 Å². The van der Waals surface area contributed by atoms with Crippen LogP contribution in [0, 0.1) is 0 Å². The molecule has 0 spiro atoms. The average molecular weight is 487 g/mol. The smallest absolute Gasteiger partial charge is 0.191 e. The fourth-order valence-corrected chi connectivity index (χ4v) is 3.61. The molecule has 0 radical (unpaired) electrons. The van der Waals surface area contributed by atoms with Gasteiger partial charge in [0.2, 0.25) is 0 Å². The first-order valence-corrected chi connectivity index (χ1v) is 10.2. The van der Waals surface area contributed by atoms with Gasteiger partial charge in [0.25, 0.3) is 0 Å². The summed E-state index contributed by atoms with van der Waals surface area (Å²) in [5, 5.41) is 6.72. The molecule has 1 heterocycles. The highest BCUT2D eigenvalue weighted by Crippen LogP contribution is 2.23. The van der Waals surface area contributed by atoms with E-state index in [0.29, 0.717) is 6.10 Å². The van der Waals surface area contributed by atoms with Crippen molar-refractivity contribution in [2.45, 2.75) is 58.1 Å². The topological polar surface area (TPSA) is 54.9 Å². The molecule has 3 rings (SSSR count). The zero-order valence-corrected chi connectivity index (χ0v) is 18.8. The van der Waals surface area contributed by atoms with Crippen LogP contribution in [0.15, 0.2) is 23.2 Å². The quantitative estimate of drug-likeness (QED) is 0.243. The molecule has 2 N–H and O–H groups in total. The lowest BCUT2D eigenvalue weighted by Crippen LogP contribution is -2.38. The third-order valence-electron chi connectivity index (χ3n) is 5.01. The number of aliphatic imine (C=N–C) groups is 1. The van der Waals surface area contributed by atoms with Crippen LogP contribution in [-0.4, -0.2) is 45.0 Å². The first-order chi connectivity index (χ1) is 12.8. The number of nitrogens with one attached hydrogen (secondary N) is 2. The van der Waals surface area contributed by atoms with Gasteiger partial charge in [0.15, 0.2) is 5.96 Å². The minimum Gasteiger partial charge on any atom is -0.379 e. The second-order valence-electron chi connectivity index (χ2n) is 7.14. The van der Waals surface area contributed by atoms with Gasteiger partial charge in [0.05, 0.1) is 19.3 Å². The molecule has 0 saturated carbocycles. The Morgan fingerprint density at radius 3 is 2.93 bits per heavy atom. The third kappa shape index (κ3) is 7.58. The fourth-order valence-electron chi connectivity index (χ4n) is 3.61. The van der Waals surface area contributed by atoms with Crippen molar-refractivity contribution in [2.24, 2.45) is 4.99 Å². The van der Waals surface area contributed by atoms with Crippen LogP contribution < -0.4 is 10.6 Å². The predicted octanol–water partition coefficient (Wildman–Crippen LogP) is 3.43. The molecule has 0 aromatic heterocycles. The summed E-state index contributed by atoms with van der Waals surface area (Å²) in [6.07, 6.45) is 7.33. The van der Waals surface area contributed by atoms with Gasteiger partial charge >= 0.3 is 0 Å². The molecule has 1 fully saturated rings. The average Bonchev–Trinajstić information content (AvgIpc) is 3.33. The van der Waals surface area contributed by atoms with E-state index in [-0.39, 0.29) is 24.0 Å². The van der Waals surface area contributed by atoms with Gasteiger partial charge in [0, 0.05) is 26.3 Å². The highest BCUT2D eigenvalue weighted by atomic mass is 127. The van der Waals surface area contributed by atoms with Crippen molar-refractivity contribution >= 4 is 29.9 Å². The second kappa shape index (κ2) is 12.6. The Morgan fingerprint density at radius 1 is 1.22 bits per heavy atom. The molecular formula is C21H34IN3O2. The van der Waals surface area contributed by atoms with Gasteiger partial charge in [-0.25, -0.2) is 4.99 Å². The van der Waals surface area contributed by atoms with Crippen LogP contribution in [0.5, 0.6) is 0 Å². The normalized spacial score (nSPS) is 18.9. The lowest BCUT2D eigenvalue weighted by Gasteiger charge is -2.13. The van der Waals surface area contributed by atoms with Crippen LogP contribution in [0.2, 0.25) is 0 Å². The van der Waals surface area contributed by atoms with E-state index in [1.807, 2.05) is 0 Å². The molecular weight excluding hydrogens is 453 g/mol. The van der Waals surface area contributed by atoms with Crippen LogP contribution >= 0.6 is 24.0 Å². The van der Waals surface area contributed by atoms with E-state index in [0.717, 1.165) is 58.3 Å². The summed E-state index contributed by atoms with van der Waals surface area (Å²) in [7, 11) is 0. The van der Waals surface area contributed by atoms with Crippen molar-refractivity contribution in [1.82, 2.24) is 10.6 Å². The number of benzene rings is 1. The van der Waals surface area contributed by atoms with Gasteiger partial charge < -0.3 is 20.1 Å². The summed E-state index contributed by atoms with van der Waals surface area (Å²) in [4.78, 5) is 4.72. The third-order valence-corrected chi connectivity index (χ3v) is 5.01. The molecule has 1 aliphatic heterocycles. The minimum atomic E-state index is 0. The molecule has 1 aromatic rings. The Kier molecular flexibility index (Phi) is 10.4. The molecule has 1 aromatic carbocycles. The Balaban J connectivity index is 0.00000261. The Labute approximate surface area is 180 Å². The number of hydrogen-bond donors (Lipinski definition) is 2. The molecule has 152 valence electrons. The molecule has 0 bridgehead atoms. The van der Waals surface area contributed by atoms with E-state index < -0.39 is 0 Å². The van der Waals surface area contributed by atoms with E-state index in [1.54, 1.807) is 0 Å². The molecule has 27 heavy (non-hydrogen) atoms. The van der Waals surface area contributed by atoms with Crippen molar-refractivity contribution in [3.8, 4) is 0 Å². The summed E-state index contributed by atoms with van der Waals surface area (Å²) in [6, 6.07) is 6.82. The largest absolute Gasteiger partial charge is 0.379 e. The maximum Gasteiger partial charge on any atom is 0.191 e. The van der Waals surface area contributed by atoms with Crippen LogP contribution in [-0.2, 0) is 28.9 Å². The number of rotatable bonds is 9. The zero-order chi connectivity index (χ0) is 18.0. The zero-order valence-electron chi connectivity index (χ0n) is 16.5. The first-order valence-electron chi connectivity index (χ1n) is 10.2. The number of fused-ring (bicyclic) bond motifs is 1. The lowest BCUT2D eigenvalue weighted by molar-refractivity contribution is 0.0168. The number of halogens is 1. The molecule has 0 amide bonds. The molecule has 1 aliphatic carbocycles. The Hall–Kier alpha value is -0.860. The standard InChI is InChI=1S/C21H33N3O2.HI/c1-2-22-21(23-11-5-12-25-16-20-8-4-13-26-20)24-15-17-9-10-18-6-3-7-19(18)14-17;/h9-10,14,20H,2-8,11-13,15-16H2,1H3,(H2,22,23,24);1H. The van der Waals surface area contributed by atoms with Crippen molar-refractivity contribution in [3.63, 3.8) is 0 Å². The van der Waals surface area contributed by atoms with Gasteiger partial charge in [-0.05, 0) is 62.1 Å². The van der Waals surface area contributed by atoms with Crippen molar-refractivity contribution < 1.29 is 9.47 Å². The van der Waals surface area contributed by atoms with Gasteiger partial charge in [-0.1, -0.05) is 18.2 Å². The van der Waals surface area contributed by atoms with Crippen LogP contribution in [0.4, 0.5) is 0 Å². The maximum absolute atomic E-state index is 5.71. The maximum atomic E-state index is 5.71. The van der Waals surface area contributed by atoms with E-state index >= 15 is 0 Å². The molecule has 1 saturated heterocycles. The SMILES string of the molecule is CCNC(=NCc1ccc2c(c1)CCC2)NCCCOCC1CCCO1.I. The van der Waals surface area contributed by atoms with Crippen LogP contribution in [0.1, 0.15) is 49.3 Å². The molecule has 6 heteroatoms. The lowest BCUT2D eigenvalue weighted by atomic mass is 10.1. The van der Waals surface area contributed by atoms with Gasteiger partial charge in [-0.3, -0.25) is 0 Å². The molecule has 2 aliphatic rings. The Morgan fingerprint density at radius 2 is 2.11 bits per heavy atom. The minimum absolute atomic E-state index is 0. The van der Waals surface area contributed by atoms with Gasteiger partial charge in [-0.15, -0.1) is 24.0 Å². The molecule has 1 atom stereocenters. The summed E-state index contributed by atoms with van der Waals surface area (Å²) < 4.78 is 11.3. The summed E-state index contributed by atoms with van der Waals surface area (Å²) in [5.41, 5.74) is 4.33. The fraction of sp³-hybridized carbons (Fsp3) is 0.667. The molecule has 5 nitrogen and oxygen atoms in total. The highest BCUT2D eigenvalue weighted by Gasteiger charge is 2.15. The first kappa shape index (κ1) is 22.4. The van der Waals surface area contributed by atoms with Gasteiger partial charge in [-0.2, -0.15) is 0 Å². The van der Waals surface area contributed by atoms with Crippen molar-refractivity contribution in [2.75, 3.05) is 32.9 Å².